The Hall–Kier alpha value is -2.44. The molecule has 5 nitrogen and oxygen atoms in total. The van der Waals surface area contributed by atoms with E-state index in [1.807, 2.05) is 18.2 Å². The Bertz CT molecular complexity index is 888. The molecule has 27 heavy (non-hydrogen) atoms. The fraction of sp³-hybridized carbons (Fsp3) is 0.333. The van der Waals surface area contributed by atoms with Crippen LogP contribution in [0.15, 0.2) is 48.5 Å². The molecule has 2 heterocycles. The summed E-state index contributed by atoms with van der Waals surface area (Å²) in [6.45, 7) is 4.42. The van der Waals surface area contributed by atoms with E-state index in [0.717, 1.165) is 36.0 Å². The second kappa shape index (κ2) is 8.06. The van der Waals surface area contributed by atoms with Crippen LogP contribution < -0.4 is 15.5 Å². The lowest BCUT2D eigenvalue weighted by Gasteiger charge is -2.33. The number of hydrogen-bond donors (Lipinski definition) is 2. The number of benzene rings is 2. The van der Waals surface area contributed by atoms with Crippen LogP contribution >= 0.6 is 11.3 Å². The molecule has 1 unspecified atom stereocenters. The number of hydrogen-bond acceptors (Lipinski definition) is 5. The van der Waals surface area contributed by atoms with Crippen molar-refractivity contribution in [3.63, 3.8) is 0 Å². The third-order valence-corrected chi connectivity index (χ3v) is 5.94. The zero-order valence-corrected chi connectivity index (χ0v) is 16.3. The quantitative estimate of drug-likeness (QED) is 0.702. The number of piperidine rings is 1. The van der Waals surface area contributed by atoms with E-state index in [1.54, 1.807) is 11.3 Å². The van der Waals surface area contributed by atoms with Crippen LogP contribution in [0.3, 0.4) is 0 Å². The number of rotatable bonds is 5. The monoisotopic (exact) mass is 380 g/mol. The van der Waals surface area contributed by atoms with Gasteiger partial charge in [0, 0.05) is 38.3 Å². The van der Waals surface area contributed by atoms with Gasteiger partial charge >= 0.3 is 0 Å². The summed E-state index contributed by atoms with van der Waals surface area (Å²) in [6, 6.07) is 16.8. The maximum Gasteiger partial charge on any atom is 0.221 e. The predicted octanol–water partition coefficient (Wildman–Crippen LogP) is 4.01. The van der Waals surface area contributed by atoms with Gasteiger partial charge in [-0.15, -0.1) is 0 Å². The van der Waals surface area contributed by atoms with Crippen LogP contribution in [0.1, 0.15) is 25.3 Å². The van der Waals surface area contributed by atoms with Gasteiger partial charge in [-0.25, -0.2) is 4.98 Å². The third-order valence-electron chi connectivity index (χ3n) is 4.84. The molecule has 4 rings (SSSR count). The van der Waals surface area contributed by atoms with Crippen molar-refractivity contribution in [2.45, 2.75) is 32.4 Å². The Morgan fingerprint density at radius 3 is 2.81 bits per heavy atom. The molecule has 1 fully saturated rings. The second-order valence-electron chi connectivity index (χ2n) is 7.01. The highest BCUT2D eigenvalue weighted by Gasteiger charge is 2.22. The average molecular weight is 381 g/mol. The van der Waals surface area contributed by atoms with E-state index < -0.39 is 0 Å². The molecule has 3 aromatic rings. The Labute approximate surface area is 163 Å². The summed E-state index contributed by atoms with van der Waals surface area (Å²) >= 11 is 1.78. The van der Waals surface area contributed by atoms with Crippen molar-refractivity contribution in [2.75, 3.05) is 23.3 Å². The zero-order valence-electron chi connectivity index (χ0n) is 15.4. The largest absolute Gasteiger partial charge is 0.347 e. The summed E-state index contributed by atoms with van der Waals surface area (Å²) < 4.78 is 1.25. The highest BCUT2D eigenvalue weighted by Crippen LogP contribution is 2.30. The number of fused-ring (bicyclic) bond motifs is 1. The van der Waals surface area contributed by atoms with Crippen LogP contribution in [0.2, 0.25) is 0 Å². The van der Waals surface area contributed by atoms with Crippen molar-refractivity contribution in [1.29, 1.82) is 0 Å². The van der Waals surface area contributed by atoms with Crippen molar-refractivity contribution >= 4 is 38.3 Å². The third kappa shape index (κ3) is 4.46. The molecule has 0 bridgehead atoms. The molecule has 1 aliphatic rings. The molecule has 1 aromatic heterocycles. The minimum Gasteiger partial charge on any atom is -0.347 e. The van der Waals surface area contributed by atoms with E-state index in [2.05, 4.69) is 45.9 Å². The van der Waals surface area contributed by atoms with Gasteiger partial charge in [0.1, 0.15) is 0 Å². The highest BCUT2D eigenvalue weighted by molar-refractivity contribution is 7.22. The summed E-state index contributed by atoms with van der Waals surface area (Å²) in [5.41, 5.74) is 3.15. The van der Waals surface area contributed by atoms with E-state index in [9.17, 15) is 4.79 Å². The van der Waals surface area contributed by atoms with Crippen LogP contribution in [0.4, 0.5) is 10.8 Å². The molecule has 1 aliphatic heterocycles. The molecule has 1 amide bonds. The van der Waals surface area contributed by atoms with E-state index in [0.29, 0.717) is 6.04 Å². The SMILES string of the molecule is CC(=O)Nc1ccc(CNC2CCCN(c3nc4ccccc4s3)C2)cc1. The first-order chi connectivity index (χ1) is 13.2. The molecule has 2 aromatic carbocycles. The fourth-order valence-corrected chi connectivity index (χ4v) is 4.48. The predicted molar refractivity (Wildman–Crippen MR) is 112 cm³/mol. The lowest BCUT2D eigenvalue weighted by molar-refractivity contribution is -0.114. The molecule has 1 atom stereocenters. The fourth-order valence-electron chi connectivity index (χ4n) is 3.48. The molecule has 1 saturated heterocycles. The van der Waals surface area contributed by atoms with Crippen LogP contribution in [0.5, 0.6) is 0 Å². The van der Waals surface area contributed by atoms with Crippen molar-refractivity contribution in [3.05, 3.63) is 54.1 Å². The van der Waals surface area contributed by atoms with Gasteiger partial charge in [-0.3, -0.25) is 4.79 Å². The van der Waals surface area contributed by atoms with Crippen molar-refractivity contribution < 1.29 is 4.79 Å². The van der Waals surface area contributed by atoms with Crippen LogP contribution in [-0.2, 0) is 11.3 Å². The summed E-state index contributed by atoms with van der Waals surface area (Å²) in [4.78, 5) is 18.3. The van der Waals surface area contributed by atoms with Crippen LogP contribution in [0, 0.1) is 0 Å². The van der Waals surface area contributed by atoms with Gasteiger partial charge in [-0.05, 0) is 42.7 Å². The Morgan fingerprint density at radius 2 is 2.04 bits per heavy atom. The Balaban J connectivity index is 1.35. The van der Waals surface area contributed by atoms with E-state index in [1.165, 1.54) is 30.0 Å². The lowest BCUT2D eigenvalue weighted by atomic mass is 10.1. The summed E-state index contributed by atoms with van der Waals surface area (Å²) in [5, 5.41) is 7.61. The number of carbonyl (C=O) groups excluding carboxylic acids is 1. The standard InChI is InChI=1S/C21H24N4OS/c1-15(26)23-17-10-8-16(9-11-17)13-22-18-5-4-12-25(14-18)21-24-19-6-2-3-7-20(19)27-21/h2-3,6-11,18,22H,4-5,12-14H2,1H3,(H,23,26). The van der Waals surface area contributed by atoms with Crippen molar-refractivity contribution in [2.24, 2.45) is 0 Å². The number of aromatic nitrogens is 1. The van der Waals surface area contributed by atoms with E-state index in [-0.39, 0.29) is 5.91 Å². The van der Waals surface area contributed by atoms with Crippen molar-refractivity contribution in [3.8, 4) is 0 Å². The maximum atomic E-state index is 11.1. The number of carbonyl (C=O) groups is 1. The van der Waals surface area contributed by atoms with Crippen LogP contribution in [0.25, 0.3) is 10.2 Å². The van der Waals surface area contributed by atoms with Gasteiger partial charge in [0.2, 0.25) is 5.91 Å². The van der Waals surface area contributed by atoms with Gasteiger partial charge in [-0.1, -0.05) is 35.6 Å². The lowest BCUT2D eigenvalue weighted by Crippen LogP contribution is -2.45. The molecule has 0 saturated carbocycles. The zero-order chi connectivity index (χ0) is 18.6. The molecule has 0 aliphatic carbocycles. The molecule has 140 valence electrons. The number of anilines is 2. The highest BCUT2D eigenvalue weighted by atomic mass is 32.1. The average Bonchev–Trinajstić information content (AvgIpc) is 3.12. The number of nitrogens with zero attached hydrogens (tertiary/aromatic N) is 2. The van der Waals surface area contributed by atoms with Gasteiger partial charge in [0.15, 0.2) is 5.13 Å². The summed E-state index contributed by atoms with van der Waals surface area (Å²) in [7, 11) is 0. The molecule has 0 radical (unpaired) electrons. The van der Waals surface area contributed by atoms with Gasteiger partial charge in [-0.2, -0.15) is 0 Å². The summed E-state index contributed by atoms with van der Waals surface area (Å²) in [5.74, 6) is -0.0435. The second-order valence-corrected chi connectivity index (χ2v) is 8.02. The first-order valence-corrected chi connectivity index (χ1v) is 10.2. The maximum absolute atomic E-state index is 11.1. The van der Waals surface area contributed by atoms with Gasteiger partial charge in [0.25, 0.3) is 0 Å². The first-order valence-electron chi connectivity index (χ1n) is 9.38. The number of thiazole rings is 1. The number of nitrogens with one attached hydrogen (secondary N) is 2. The molecule has 2 N–H and O–H groups in total. The Kier molecular flexibility index (Phi) is 5.36. The van der Waals surface area contributed by atoms with Crippen molar-refractivity contribution in [1.82, 2.24) is 10.3 Å². The first kappa shape index (κ1) is 17.9. The van der Waals surface area contributed by atoms with Gasteiger partial charge < -0.3 is 15.5 Å². The molecule has 0 spiro atoms. The minimum absolute atomic E-state index is 0.0435. The molecular weight excluding hydrogens is 356 g/mol. The minimum atomic E-state index is -0.0435. The van der Waals surface area contributed by atoms with Gasteiger partial charge in [0.05, 0.1) is 10.2 Å². The van der Waals surface area contributed by atoms with E-state index >= 15 is 0 Å². The smallest absolute Gasteiger partial charge is 0.221 e. The number of amides is 1. The molecular formula is C21H24N4OS. The Morgan fingerprint density at radius 1 is 1.22 bits per heavy atom. The summed E-state index contributed by atoms with van der Waals surface area (Å²) in [6.07, 6.45) is 2.36. The normalized spacial score (nSPS) is 17.2. The van der Waals surface area contributed by atoms with Crippen LogP contribution in [-0.4, -0.2) is 30.0 Å². The van der Waals surface area contributed by atoms with E-state index in [4.69, 9.17) is 4.98 Å². The number of para-hydroxylation sites is 1. The topological polar surface area (TPSA) is 57.3 Å². The molecule has 6 heteroatoms.